The van der Waals surface area contributed by atoms with Crippen molar-refractivity contribution in [1.82, 2.24) is 14.9 Å². The minimum absolute atomic E-state index is 0.162. The minimum Gasteiger partial charge on any atom is -0.487 e. The van der Waals surface area contributed by atoms with Gasteiger partial charge in [0.2, 0.25) is 5.91 Å². The van der Waals surface area contributed by atoms with Crippen LogP contribution in [0.15, 0.2) is 40.1 Å². The maximum atomic E-state index is 12.7. The van der Waals surface area contributed by atoms with Crippen molar-refractivity contribution in [3.8, 4) is 5.75 Å². The standard InChI is InChI=1S/C20H23N3O5/c1-13-2-3-16-14(10-13)15(11-20(28-16)5-8-27-9-6-20)21-18(25)12-23-7-4-17(24)22-19(23)26/h2-4,7,10,15H,5-6,8-9,11-12H2,1H3,(H,21,25)(H,22,24,26). The number of H-pyrrole nitrogens is 1. The first-order valence-corrected chi connectivity index (χ1v) is 9.41. The van der Waals surface area contributed by atoms with Crippen LogP contribution in [0.4, 0.5) is 0 Å². The number of carbonyl (C=O) groups is 1. The van der Waals surface area contributed by atoms with Crippen LogP contribution in [0, 0.1) is 6.92 Å². The number of carbonyl (C=O) groups excluding carboxylic acids is 1. The van der Waals surface area contributed by atoms with Gasteiger partial charge in [0, 0.05) is 37.1 Å². The van der Waals surface area contributed by atoms with Gasteiger partial charge in [-0.2, -0.15) is 0 Å². The third kappa shape index (κ3) is 3.73. The van der Waals surface area contributed by atoms with Gasteiger partial charge < -0.3 is 14.8 Å². The van der Waals surface area contributed by atoms with Crippen LogP contribution < -0.4 is 21.3 Å². The summed E-state index contributed by atoms with van der Waals surface area (Å²) in [6.07, 6.45) is 3.51. The fraction of sp³-hybridized carbons (Fsp3) is 0.450. The number of aryl methyl sites for hydroxylation is 1. The van der Waals surface area contributed by atoms with E-state index in [1.807, 2.05) is 25.1 Å². The van der Waals surface area contributed by atoms with Crippen molar-refractivity contribution in [1.29, 1.82) is 0 Å². The van der Waals surface area contributed by atoms with E-state index in [2.05, 4.69) is 10.3 Å². The number of hydrogen-bond donors (Lipinski definition) is 2. The van der Waals surface area contributed by atoms with E-state index >= 15 is 0 Å². The quantitative estimate of drug-likeness (QED) is 0.822. The van der Waals surface area contributed by atoms with E-state index in [0.717, 1.165) is 29.7 Å². The SMILES string of the molecule is Cc1ccc2c(c1)C(NC(=O)Cn1ccc(=O)[nH]c1=O)CC1(CCOCC1)O2. The van der Waals surface area contributed by atoms with Crippen LogP contribution in [-0.2, 0) is 16.1 Å². The summed E-state index contributed by atoms with van der Waals surface area (Å²) in [5.74, 6) is 0.487. The Morgan fingerprint density at radius 1 is 1.29 bits per heavy atom. The monoisotopic (exact) mass is 385 g/mol. The third-order valence-electron chi connectivity index (χ3n) is 5.39. The lowest BCUT2D eigenvalue weighted by atomic mass is 9.81. The van der Waals surface area contributed by atoms with E-state index in [4.69, 9.17) is 9.47 Å². The zero-order chi connectivity index (χ0) is 19.7. The molecule has 4 rings (SSSR count). The van der Waals surface area contributed by atoms with Crippen molar-refractivity contribution < 1.29 is 14.3 Å². The zero-order valence-corrected chi connectivity index (χ0v) is 15.7. The Morgan fingerprint density at radius 2 is 2.07 bits per heavy atom. The fourth-order valence-corrected chi connectivity index (χ4v) is 3.93. The second-order valence-corrected chi connectivity index (χ2v) is 7.50. The highest BCUT2D eigenvalue weighted by atomic mass is 16.5. The zero-order valence-electron chi connectivity index (χ0n) is 15.7. The fourth-order valence-electron chi connectivity index (χ4n) is 3.93. The molecule has 0 radical (unpaired) electrons. The third-order valence-corrected chi connectivity index (χ3v) is 5.39. The average Bonchev–Trinajstić information content (AvgIpc) is 2.65. The molecule has 2 aromatic rings. The highest BCUT2D eigenvalue weighted by molar-refractivity contribution is 5.76. The molecule has 1 spiro atoms. The van der Waals surface area contributed by atoms with Gasteiger partial charge in [-0.1, -0.05) is 17.7 Å². The maximum absolute atomic E-state index is 12.7. The number of rotatable bonds is 3. The van der Waals surface area contributed by atoms with Crippen molar-refractivity contribution in [2.45, 2.75) is 44.4 Å². The van der Waals surface area contributed by atoms with Crippen molar-refractivity contribution in [2.24, 2.45) is 0 Å². The lowest BCUT2D eigenvalue weighted by Gasteiger charge is -2.44. The van der Waals surface area contributed by atoms with Crippen LogP contribution in [0.25, 0.3) is 0 Å². The Balaban J connectivity index is 1.58. The predicted octanol–water partition coefficient (Wildman–Crippen LogP) is 1.03. The van der Waals surface area contributed by atoms with E-state index in [0.29, 0.717) is 19.6 Å². The van der Waals surface area contributed by atoms with E-state index < -0.39 is 11.2 Å². The summed E-state index contributed by atoms with van der Waals surface area (Å²) >= 11 is 0. The van der Waals surface area contributed by atoms with Gasteiger partial charge in [-0.15, -0.1) is 0 Å². The van der Waals surface area contributed by atoms with Gasteiger partial charge in [-0.05, 0) is 13.0 Å². The molecule has 3 heterocycles. The summed E-state index contributed by atoms with van der Waals surface area (Å²) in [5, 5.41) is 3.05. The highest BCUT2D eigenvalue weighted by Gasteiger charge is 2.42. The normalized spacial score (nSPS) is 20.2. The smallest absolute Gasteiger partial charge is 0.328 e. The molecule has 1 saturated heterocycles. The van der Waals surface area contributed by atoms with Gasteiger partial charge in [0.25, 0.3) is 5.56 Å². The highest BCUT2D eigenvalue weighted by Crippen LogP contribution is 2.44. The molecule has 1 aromatic carbocycles. The summed E-state index contributed by atoms with van der Waals surface area (Å²) in [6, 6.07) is 6.98. The molecule has 1 fully saturated rings. The Hall–Kier alpha value is -2.87. The van der Waals surface area contributed by atoms with Gasteiger partial charge in [-0.3, -0.25) is 19.1 Å². The molecule has 0 aliphatic carbocycles. The Bertz CT molecular complexity index is 1000. The summed E-state index contributed by atoms with van der Waals surface area (Å²) < 4.78 is 13.0. The second kappa shape index (κ2) is 7.27. The first-order valence-electron chi connectivity index (χ1n) is 9.41. The molecule has 1 unspecified atom stereocenters. The molecular weight excluding hydrogens is 362 g/mol. The minimum atomic E-state index is -0.605. The average molecular weight is 385 g/mol. The predicted molar refractivity (Wildman–Crippen MR) is 101 cm³/mol. The number of nitrogens with zero attached hydrogens (tertiary/aromatic N) is 1. The Labute approximate surface area is 161 Å². The Kier molecular flexibility index (Phi) is 4.80. The largest absolute Gasteiger partial charge is 0.487 e. The number of hydrogen-bond acceptors (Lipinski definition) is 5. The Morgan fingerprint density at radius 3 is 2.82 bits per heavy atom. The number of aromatic amines is 1. The number of benzene rings is 1. The number of amides is 1. The molecule has 28 heavy (non-hydrogen) atoms. The van der Waals surface area contributed by atoms with Gasteiger partial charge in [0.15, 0.2) is 0 Å². The molecule has 1 amide bonds. The van der Waals surface area contributed by atoms with Gasteiger partial charge in [0.05, 0.1) is 19.3 Å². The van der Waals surface area contributed by atoms with Gasteiger partial charge in [-0.25, -0.2) is 4.79 Å². The molecular formula is C20H23N3O5. The molecule has 0 bridgehead atoms. The van der Waals surface area contributed by atoms with Crippen molar-refractivity contribution >= 4 is 5.91 Å². The van der Waals surface area contributed by atoms with E-state index in [9.17, 15) is 14.4 Å². The summed E-state index contributed by atoms with van der Waals surface area (Å²) in [4.78, 5) is 37.8. The second-order valence-electron chi connectivity index (χ2n) is 7.50. The molecule has 8 nitrogen and oxygen atoms in total. The van der Waals surface area contributed by atoms with E-state index in [1.54, 1.807) is 0 Å². The van der Waals surface area contributed by atoms with Crippen molar-refractivity contribution in [3.05, 3.63) is 62.4 Å². The first kappa shape index (κ1) is 18.5. The number of fused-ring (bicyclic) bond motifs is 1. The molecule has 0 saturated carbocycles. The molecule has 1 aromatic heterocycles. The molecule has 2 aliphatic heterocycles. The number of ether oxygens (including phenoxy) is 2. The molecule has 2 aliphatic rings. The van der Waals surface area contributed by atoms with E-state index in [1.165, 1.54) is 16.8 Å². The lowest BCUT2D eigenvalue weighted by molar-refractivity contribution is -0.123. The lowest BCUT2D eigenvalue weighted by Crippen LogP contribution is -2.49. The van der Waals surface area contributed by atoms with Crippen LogP contribution in [0.5, 0.6) is 5.75 Å². The van der Waals surface area contributed by atoms with Crippen LogP contribution in [0.1, 0.15) is 36.4 Å². The van der Waals surface area contributed by atoms with Gasteiger partial charge in [0.1, 0.15) is 17.9 Å². The summed E-state index contributed by atoms with van der Waals surface area (Å²) in [7, 11) is 0. The number of nitrogens with one attached hydrogen (secondary N) is 2. The maximum Gasteiger partial charge on any atom is 0.328 e. The van der Waals surface area contributed by atoms with E-state index in [-0.39, 0.29) is 24.1 Å². The first-order chi connectivity index (χ1) is 13.4. The molecule has 1 atom stereocenters. The van der Waals surface area contributed by atoms with Crippen LogP contribution in [-0.4, -0.2) is 34.3 Å². The molecule has 8 heteroatoms. The van der Waals surface area contributed by atoms with Crippen LogP contribution in [0.2, 0.25) is 0 Å². The van der Waals surface area contributed by atoms with Gasteiger partial charge >= 0.3 is 5.69 Å². The van der Waals surface area contributed by atoms with Crippen LogP contribution >= 0.6 is 0 Å². The molecule has 2 N–H and O–H groups in total. The topological polar surface area (TPSA) is 102 Å². The van der Waals surface area contributed by atoms with Crippen molar-refractivity contribution in [2.75, 3.05) is 13.2 Å². The summed E-state index contributed by atoms with van der Waals surface area (Å²) in [6.45, 7) is 3.10. The summed E-state index contributed by atoms with van der Waals surface area (Å²) in [5.41, 5.74) is 0.581. The van der Waals surface area contributed by atoms with Crippen LogP contribution in [0.3, 0.4) is 0 Å². The van der Waals surface area contributed by atoms with Crippen molar-refractivity contribution in [3.63, 3.8) is 0 Å². The molecule has 148 valence electrons. The number of aromatic nitrogens is 2.